The number of unbranched alkanes of at least 4 members (excludes halogenated alkanes) is 3. The summed E-state index contributed by atoms with van der Waals surface area (Å²) in [6.07, 6.45) is 11.5. The fraction of sp³-hybridized carbons (Fsp3) is 0.684. The summed E-state index contributed by atoms with van der Waals surface area (Å²) in [5.41, 5.74) is -0.577. The van der Waals surface area contributed by atoms with Crippen molar-refractivity contribution in [2.24, 2.45) is 0 Å². The van der Waals surface area contributed by atoms with Gasteiger partial charge in [-0.2, -0.15) is 0 Å². The molecule has 5 nitrogen and oxygen atoms in total. The molecule has 0 amide bonds. The number of carbonyl (C=O) groups is 1. The molecule has 1 unspecified atom stereocenters. The van der Waals surface area contributed by atoms with E-state index < -0.39 is 18.2 Å². The van der Waals surface area contributed by atoms with Crippen molar-refractivity contribution < 1.29 is 24.5 Å². The third kappa shape index (κ3) is 8.23. The molecule has 0 saturated carbocycles. The van der Waals surface area contributed by atoms with Crippen LogP contribution in [-0.4, -0.2) is 53.1 Å². The maximum Gasteiger partial charge on any atom is 0.340 e. The lowest BCUT2D eigenvalue weighted by Crippen LogP contribution is -2.43. The Labute approximate surface area is 155 Å². The van der Waals surface area contributed by atoms with E-state index >= 15 is 0 Å². The lowest BCUT2D eigenvalue weighted by Gasteiger charge is -2.23. The zero-order valence-corrected chi connectivity index (χ0v) is 15.9. The zero-order valence-electron chi connectivity index (χ0n) is 15.0. The molecule has 1 aliphatic carbocycles. The van der Waals surface area contributed by atoms with Crippen LogP contribution in [0.3, 0.4) is 0 Å². The van der Waals surface area contributed by atoms with Crippen LogP contribution in [0.1, 0.15) is 51.9 Å². The zero-order chi connectivity index (χ0) is 18.5. The summed E-state index contributed by atoms with van der Waals surface area (Å²) in [5, 5.41) is 19.3. The standard InChI is InChI=1S/C19H30O5S/c1-2-24-18(21)19(22,15-20)12-7-3-4-8-13-23-14-11-16-9-5-6-10-17(16)25/h5-6,9,20,22H,2-4,7-8,10-15H2,1H3. The first kappa shape index (κ1) is 22.0. The van der Waals surface area contributed by atoms with E-state index in [1.54, 1.807) is 6.92 Å². The number of aliphatic hydroxyl groups excluding tert-OH is 1. The molecule has 2 N–H and O–H groups in total. The van der Waals surface area contributed by atoms with Gasteiger partial charge in [0.25, 0.3) is 0 Å². The molecule has 142 valence electrons. The Hall–Kier alpha value is -1.08. The Kier molecular flexibility index (Phi) is 10.8. The maximum atomic E-state index is 11.6. The van der Waals surface area contributed by atoms with Crippen molar-refractivity contribution >= 4 is 23.1 Å². The van der Waals surface area contributed by atoms with Crippen molar-refractivity contribution in [3.8, 4) is 0 Å². The summed E-state index contributed by atoms with van der Waals surface area (Å²) in [6, 6.07) is 0. The number of thiocarbonyl (C=S) groups is 1. The van der Waals surface area contributed by atoms with Gasteiger partial charge in [-0.1, -0.05) is 43.3 Å². The molecule has 0 heterocycles. The molecule has 6 heteroatoms. The van der Waals surface area contributed by atoms with Crippen molar-refractivity contribution in [1.82, 2.24) is 0 Å². The summed E-state index contributed by atoms with van der Waals surface area (Å²) >= 11 is 5.30. The minimum atomic E-state index is -1.77. The summed E-state index contributed by atoms with van der Waals surface area (Å²) < 4.78 is 10.4. The van der Waals surface area contributed by atoms with Crippen molar-refractivity contribution in [1.29, 1.82) is 0 Å². The van der Waals surface area contributed by atoms with Gasteiger partial charge in [0.2, 0.25) is 0 Å². The minimum absolute atomic E-state index is 0.191. The second-order valence-electron chi connectivity index (χ2n) is 6.18. The first-order valence-corrected chi connectivity index (χ1v) is 9.41. The van der Waals surface area contributed by atoms with Crippen LogP contribution in [0.2, 0.25) is 0 Å². The van der Waals surface area contributed by atoms with Gasteiger partial charge in [-0.3, -0.25) is 0 Å². The summed E-state index contributed by atoms with van der Waals surface area (Å²) in [6.45, 7) is 2.62. The van der Waals surface area contributed by atoms with Crippen LogP contribution in [0.15, 0.2) is 23.8 Å². The number of aliphatic hydroxyl groups is 2. The molecule has 0 aromatic rings. The quantitative estimate of drug-likeness (QED) is 0.295. The van der Waals surface area contributed by atoms with Gasteiger partial charge < -0.3 is 19.7 Å². The second-order valence-corrected chi connectivity index (χ2v) is 6.68. The van der Waals surface area contributed by atoms with E-state index in [0.29, 0.717) is 19.6 Å². The molecule has 1 atom stereocenters. The monoisotopic (exact) mass is 370 g/mol. The lowest BCUT2D eigenvalue weighted by molar-refractivity contribution is -0.170. The number of allylic oxidation sites excluding steroid dienone is 3. The number of ether oxygens (including phenoxy) is 2. The Balaban J connectivity index is 2.04. The Morgan fingerprint density at radius 2 is 2.04 bits per heavy atom. The first-order chi connectivity index (χ1) is 12.0. The van der Waals surface area contributed by atoms with Crippen LogP contribution < -0.4 is 0 Å². The maximum absolute atomic E-state index is 11.6. The van der Waals surface area contributed by atoms with E-state index in [2.05, 4.69) is 12.2 Å². The average molecular weight is 371 g/mol. The molecule has 0 aliphatic heterocycles. The van der Waals surface area contributed by atoms with Crippen LogP contribution in [0, 0.1) is 0 Å². The van der Waals surface area contributed by atoms with Crippen molar-refractivity contribution in [3.05, 3.63) is 23.8 Å². The second kappa shape index (κ2) is 12.3. The predicted molar refractivity (Wildman–Crippen MR) is 102 cm³/mol. The van der Waals surface area contributed by atoms with Crippen molar-refractivity contribution in [2.45, 2.75) is 57.5 Å². The van der Waals surface area contributed by atoms with E-state index in [9.17, 15) is 15.0 Å². The molecule has 0 fully saturated rings. The SMILES string of the molecule is CCOC(=O)C(O)(CO)CCCCCCOCCC1=CC=CCC1=S. The molecule has 1 rings (SSSR count). The van der Waals surface area contributed by atoms with Gasteiger partial charge >= 0.3 is 5.97 Å². The van der Waals surface area contributed by atoms with Crippen LogP contribution in [-0.2, 0) is 14.3 Å². The highest BCUT2D eigenvalue weighted by molar-refractivity contribution is 7.80. The number of hydrogen-bond acceptors (Lipinski definition) is 6. The fourth-order valence-electron chi connectivity index (χ4n) is 2.58. The van der Waals surface area contributed by atoms with Crippen LogP contribution in [0.4, 0.5) is 0 Å². The summed E-state index contributed by atoms with van der Waals surface area (Å²) in [5.74, 6) is -0.745. The summed E-state index contributed by atoms with van der Waals surface area (Å²) in [4.78, 5) is 12.6. The van der Waals surface area contributed by atoms with Crippen LogP contribution >= 0.6 is 12.2 Å². The highest BCUT2D eigenvalue weighted by atomic mass is 32.1. The Morgan fingerprint density at radius 3 is 2.72 bits per heavy atom. The third-order valence-electron chi connectivity index (χ3n) is 4.16. The van der Waals surface area contributed by atoms with E-state index in [1.165, 1.54) is 5.57 Å². The molecule has 25 heavy (non-hydrogen) atoms. The van der Waals surface area contributed by atoms with Gasteiger partial charge in [-0.05, 0) is 38.2 Å². The average Bonchev–Trinajstić information content (AvgIpc) is 2.61. The molecular weight excluding hydrogens is 340 g/mol. The fourth-order valence-corrected chi connectivity index (χ4v) is 2.84. The lowest BCUT2D eigenvalue weighted by atomic mass is 9.97. The van der Waals surface area contributed by atoms with Gasteiger partial charge in [-0.15, -0.1) is 0 Å². The molecule has 0 aromatic heterocycles. The first-order valence-electron chi connectivity index (χ1n) is 9.00. The van der Waals surface area contributed by atoms with Crippen molar-refractivity contribution in [2.75, 3.05) is 26.4 Å². The molecular formula is C19H30O5S. The minimum Gasteiger partial charge on any atom is -0.464 e. The Bertz CT molecular complexity index is 486. The molecule has 0 aromatic carbocycles. The Morgan fingerprint density at radius 1 is 1.28 bits per heavy atom. The number of rotatable bonds is 13. The molecule has 0 saturated heterocycles. The largest absolute Gasteiger partial charge is 0.464 e. The van der Waals surface area contributed by atoms with E-state index in [4.69, 9.17) is 21.7 Å². The number of hydrogen-bond donors (Lipinski definition) is 2. The van der Waals surface area contributed by atoms with Crippen molar-refractivity contribution in [3.63, 3.8) is 0 Å². The van der Waals surface area contributed by atoms with Gasteiger partial charge in [0.1, 0.15) is 0 Å². The van der Waals surface area contributed by atoms with Gasteiger partial charge in [0, 0.05) is 17.9 Å². The van der Waals surface area contributed by atoms with Gasteiger partial charge in [0.15, 0.2) is 5.60 Å². The van der Waals surface area contributed by atoms with Gasteiger partial charge in [-0.25, -0.2) is 4.79 Å². The molecule has 0 bridgehead atoms. The highest BCUT2D eigenvalue weighted by Gasteiger charge is 2.36. The van der Waals surface area contributed by atoms with E-state index in [1.807, 2.05) is 6.08 Å². The molecule has 0 radical (unpaired) electrons. The topological polar surface area (TPSA) is 76.0 Å². The third-order valence-corrected chi connectivity index (χ3v) is 4.59. The highest BCUT2D eigenvalue weighted by Crippen LogP contribution is 2.17. The van der Waals surface area contributed by atoms with Gasteiger partial charge in [0.05, 0.1) is 19.8 Å². The van der Waals surface area contributed by atoms with E-state index in [0.717, 1.165) is 37.0 Å². The van der Waals surface area contributed by atoms with E-state index in [-0.39, 0.29) is 13.0 Å². The van der Waals surface area contributed by atoms with Crippen LogP contribution in [0.5, 0.6) is 0 Å². The molecule has 1 aliphatic rings. The normalized spacial score (nSPS) is 16.4. The molecule has 0 spiro atoms. The number of esters is 1. The number of carbonyl (C=O) groups excluding carboxylic acids is 1. The smallest absolute Gasteiger partial charge is 0.340 e. The predicted octanol–water partition coefficient (Wildman–Crippen LogP) is 2.89. The van der Waals surface area contributed by atoms with Crippen LogP contribution in [0.25, 0.3) is 0 Å². The summed E-state index contributed by atoms with van der Waals surface area (Å²) in [7, 11) is 0.